The molecule has 16 heteroatoms. The maximum absolute atomic E-state index is 14.8. The molecule has 2 aromatic carbocycles. The van der Waals surface area contributed by atoms with Gasteiger partial charge in [0.1, 0.15) is 18.1 Å². The van der Waals surface area contributed by atoms with Crippen LogP contribution in [0.25, 0.3) is 33.3 Å². The third-order valence-corrected chi connectivity index (χ3v) is 14.3. The van der Waals surface area contributed by atoms with Gasteiger partial charge < -0.3 is 38.8 Å². The Morgan fingerprint density at radius 3 is 2.58 bits per heavy atom. The molecule has 0 saturated carbocycles. The van der Waals surface area contributed by atoms with Gasteiger partial charge >= 0.3 is 12.0 Å². The van der Waals surface area contributed by atoms with Gasteiger partial charge in [-0.3, -0.25) is 29.2 Å². The second-order valence-electron chi connectivity index (χ2n) is 20.0. The number of urea groups is 1. The molecule has 0 aliphatic carbocycles. The van der Waals surface area contributed by atoms with Crippen molar-refractivity contribution >= 4 is 40.6 Å². The Kier molecular flexibility index (Phi) is 14.6. The van der Waals surface area contributed by atoms with Crippen molar-refractivity contribution in [3.8, 4) is 22.4 Å². The number of hydrogen-bond donors (Lipinski definition) is 2. The van der Waals surface area contributed by atoms with Crippen molar-refractivity contribution in [3.63, 3.8) is 0 Å². The minimum atomic E-state index is -1.07. The number of benzene rings is 2. The van der Waals surface area contributed by atoms with Crippen LogP contribution in [0.1, 0.15) is 77.3 Å². The number of aromatic nitrogens is 2. The minimum absolute atomic E-state index is 0.130. The van der Waals surface area contributed by atoms with Crippen LogP contribution < -0.4 is 10.7 Å². The van der Waals surface area contributed by atoms with E-state index in [2.05, 4.69) is 79.1 Å². The van der Waals surface area contributed by atoms with Crippen LogP contribution >= 0.6 is 0 Å². The number of nitrogens with zero attached hydrogens (tertiary/aromatic N) is 6. The number of hydrazine groups is 1. The molecule has 6 atom stereocenters. The molecule has 0 radical (unpaired) electrons. The molecule has 16 nitrogen and oxygen atoms in total. The van der Waals surface area contributed by atoms with E-state index in [1.165, 1.54) is 16.0 Å². The lowest BCUT2D eigenvalue weighted by Crippen LogP contribution is -2.62. The van der Waals surface area contributed by atoms with Gasteiger partial charge in [-0.05, 0) is 91.6 Å². The van der Waals surface area contributed by atoms with Gasteiger partial charge in [-0.1, -0.05) is 64.6 Å². The molecule has 4 aliphatic rings. The summed E-state index contributed by atoms with van der Waals surface area (Å²) in [5.41, 5.74) is 10.4. The zero-order valence-electron chi connectivity index (χ0n) is 41.3. The zero-order chi connectivity index (χ0) is 49.3. The molecule has 8 rings (SSSR count). The number of ether oxygens (including phenoxy) is 3. The third kappa shape index (κ3) is 10.0. The van der Waals surface area contributed by atoms with Crippen LogP contribution in [0.2, 0.25) is 0 Å². The fraction of sp³-hybridized carbons (Fsp3) is 0.509. The van der Waals surface area contributed by atoms with E-state index < -0.39 is 41.3 Å². The number of methoxy groups -OCH3 is 1. The maximum atomic E-state index is 14.8. The number of amides is 5. The molecule has 2 aromatic heterocycles. The number of cyclic esters (lactones) is 1. The molecule has 3 fully saturated rings. The van der Waals surface area contributed by atoms with Gasteiger partial charge in [0.05, 0.1) is 49.4 Å². The standard InChI is InChI=1S/C53H68N8O8/c1-10-45(62)60-23-24-68-44-30-58(29-43(44)60)52(66)57(8)47(32(3)4)49(63)55-41-26-34-15-12-16-35(25-34)36-19-20-42-38(27-36)39(48(59(42)11-2)37-17-13-21-54-46(37)33(5)67-9)28-53(6,7)31-69-51(65)40-18-14-22-61(56-40)50(41)64/h10,12-13,15-17,19-21,25,27,32-33,40-41,43-44,47,56H,1,11,14,18,22-24,26,28-31H2,2-9H3,(H,55,63)/t33-,40?,41-,43+,44-,47-/m0/s1. The first-order valence-electron chi connectivity index (χ1n) is 24.4. The van der Waals surface area contributed by atoms with Gasteiger partial charge in [-0.15, -0.1) is 0 Å². The lowest BCUT2D eigenvalue weighted by atomic mass is 9.84. The molecule has 5 amide bonds. The van der Waals surface area contributed by atoms with Gasteiger partial charge in [0.15, 0.2) is 0 Å². The molecule has 3 saturated heterocycles. The number of morpholine rings is 1. The van der Waals surface area contributed by atoms with Crippen molar-refractivity contribution in [1.82, 2.24) is 40.0 Å². The topological polar surface area (TPSA) is 168 Å². The van der Waals surface area contributed by atoms with E-state index in [4.69, 9.17) is 19.2 Å². The third-order valence-electron chi connectivity index (χ3n) is 14.3. The number of likely N-dealkylation sites (N-methyl/N-ethyl adjacent to an activating group) is 1. The molecule has 6 bridgehead atoms. The van der Waals surface area contributed by atoms with Crippen LogP contribution in [-0.4, -0.2) is 143 Å². The largest absolute Gasteiger partial charge is 0.464 e. The van der Waals surface area contributed by atoms with Crippen molar-refractivity contribution in [2.45, 2.75) is 110 Å². The van der Waals surface area contributed by atoms with Gasteiger partial charge in [-0.2, -0.15) is 0 Å². The van der Waals surface area contributed by atoms with E-state index in [0.29, 0.717) is 45.5 Å². The molecule has 4 aliphatic heterocycles. The number of fused-ring (bicyclic) bond motifs is 7. The van der Waals surface area contributed by atoms with Crippen LogP contribution in [0, 0.1) is 11.3 Å². The van der Waals surface area contributed by atoms with Crippen LogP contribution in [0.5, 0.6) is 0 Å². The first-order chi connectivity index (χ1) is 33.0. The molecule has 4 aromatic rings. The van der Waals surface area contributed by atoms with Crippen molar-refractivity contribution in [3.05, 3.63) is 90.3 Å². The number of likely N-dealkylation sites (tertiary alicyclic amines) is 1. The fourth-order valence-corrected chi connectivity index (χ4v) is 10.7. The van der Waals surface area contributed by atoms with E-state index in [0.717, 1.165) is 50.1 Å². The van der Waals surface area contributed by atoms with E-state index >= 15 is 0 Å². The van der Waals surface area contributed by atoms with Crippen molar-refractivity contribution in [1.29, 1.82) is 0 Å². The highest BCUT2D eigenvalue weighted by atomic mass is 16.5. The molecule has 0 spiro atoms. The van der Waals surface area contributed by atoms with E-state index in [9.17, 15) is 24.0 Å². The number of nitrogens with one attached hydrogen (secondary N) is 2. The summed E-state index contributed by atoms with van der Waals surface area (Å²) in [7, 11) is 3.28. The van der Waals surface area contributed by atoms with E-state index in [1.807, 2.05) is 39.0 Å². The van der Waals surface area contributed by atoms with Crippen molar-refractivity contribution in [2.24, 2.45) is 11.3 Å². The fourth-order valence-electron chi connectivity index (χ4n) is 10.7. The van der Waals surface area contributed by atoms with Crippen molar-refractivity contribution in [2.75, 3.05) is 53.6 Å². The number of carbonyl (C=O) groups excluding carboxylic acids is 5. The number of hydrogen-bond acceptors (Lipinski definition) is 10. The van der Waals surface area contributed by atoms with Gasteiger partial charge in [-0.25, -0.2) is 10.2 Å². The van der Waals surface area contributed by atoms with Crippen LogP contribution in [0.3, 0.4) is 0 Å². The number of rotatable bonds is 9. The van der Waals surface area contributed by atoms with Gasteiger partial charge in [0, 0.05) is 74.8 Å². The Hall–Kier alpha value is -6.10. The molecular weight excluding hydrogens is 877 g/mol. The Balaban J connectivity index is 1.15. The maximum Gasteiger partial charge on any atom is 0.324 e. The van der Waals surface area contributed by atoms with E-state index in [-0.39, 0.29) is 62.2 Å². The number of aryl methyl sites for hydroxylation is 1. The van der Waals surface area contributed by atoms with Crippen molar-refractivity contribution < 1.29 is 38.2 Å². The Labute approximate surface area is 405 Å². The van der Waals surface area contributed by atoms with Crippen LogP contribution in [-0.2, 0) is 52.8 Å². The summed E-state index contributed by atoms with van der Waals surface area (Å²) in [6.45, 7) is 18.1. The van der Waals surface area contributed by atoms with Gasteiger partial charge in [0.25, 0.3) is 5.91 Å². The minimum Gasteiger partial charge on any atom is -0.464 e. The predicted octanol–water partition coefficient (Wildman–Crippen LogP) is 5.92. The SMILES string of the molecule is C=CC(=O)N1CCO[C@H]2CN(C(=O)N(C)[C@H](C(=O)N[C@H]3Cc4cccc(c4)-c4ccc5c(c4)c(c(-c4cccnc4[C@H](C)OC)n5CC)CC(C)(C)COC(=O)C4CCCN(N4)C3=O)C(C)C)C[C@H]21. The normalized spacial score (nSPS) is 22.7. The number of carbonyl (C=O) groups is 5. The van der Waals surface area contributed by atoms with Gasteiger partial charge in [0.2, 0.25) is 11.8 Å². The lowest BCUT2D eigenvalue weighted by Gasteiger charge is -2.37. The average molecular weight is 945 g/mol. The summed E-state index contributed by atoms with van der Waals surface area (Å²) in [5, 5.41) is 5.58. The second kappa shape index (κ2) is 20.5. The van der Waals surface area contributed by atoms with Crippen LogP contribution in [0.15, 0.2) is 73.4 Å². The Bertz CT molecular complexity index is 2610. The summed E-state index contributed by atoms with van der Waals surface area (Å²) in [4.78, 5) is 79.9. The molecular formula is C53H68N8O8. The summed E-state index contributed by atoms with van der Waals surface area (Å²) in [5.74, 6) is -1.92. The monoisotopic (exact) mass is 945 g/mol. The molecule has 2 N–H and O–H groups in total. The quantitative estimate of drug-likeness (QED) is 0.152. The summed E-state index contributed by atoms with van der Waals surface area (Å²) >= 11 is 0. The number of esters is 1. The first-order valence-corrected chi connectivity index (χ1v) is 24.4. The Morgan fingerprint density at radius 2 is 1.84 bits per heavy atom. The predicted molar refractivity (Wildman–Crippen MR) is 262 cm³/mol. The number of pyridine rings is 1. The summed E-state index contributed by atoms with van der Waals surface area (Å²) < 4.78 is 20.3. The smallest absolute Gasteiger partial charge is 0.324 e. The zero-order valence-corrected chi connectivity index (χ0v) is 41.3. The van der Waals surface area contributed by atoms with Crippen LogP contribution in [0.4, 0.5) is 4.79 Å². The molecule has 69 heavy (non-hydrogen) atoms. The second-order valence-corrected chi connectivity index (χ2v) is 20.0. The Morgan fingerprint density at radius 1 is 1.06 bits per heavy atom. The lowest BCUT2D eigenvalue weighted by molar-refractivity contribution is -0.155. The molecule has 1 unspecified atom stereocenters. The summed E-state index contributed by atoms with van der Waals surface area (Å²) in [6, 6.07) is 15.0. The molecule has 6 heterocycles. The highest BCUT2D eigenvalue weighted by Gasteiger charge is 2.46. The highest BCUT2D eigenvalue weighted by molar-refractivity contribution is 5.96. The summed E-state index contributed by atoms with van der Waals surface area (Å²) in [6.07, 6.45) is 4.17. The van der Waals surface area contributed by atoms with E-state index in [1.54, 1.807) is 30.2 Å². The first kappa shape index (κ1) is 49.3. The molecule has 368 valence electrons. The highest BCUT2D eigenvalue weighted by Crippen LogP contribution is 2.42. The average Bonchev–Trinajstić information content (AvgIpc) is 3.93.